The van der Waals surface area contributed by atoms with Gasteiger partial charge in [0, 0.05) is 0 Å². The fraction of sp³-hybridized carbons (Fsp3) is 0.650. The van der Waals surface area contributed by atoms with Crippen molar-refractivity contribution >= 4 is 29.0 Å². The van der Waals surface area contributed by atoms with Crippen LogP contribution < -0.4 is 16.0 Å². The van der Waals surface area contributed by atoms with Gasteiger partial charge in [-0.2, -0.15) is 0 Å². The Balaban J connectivity index is 1.71. The molecule has 1 aliphatic heterocycles. The molecule has 0 aromatic carbocycles. The molecule has 15 nitrogen and oxygen atoms in total. The quantitative estimate of drug-likeness (QED) is 0.207. The molecule has 3 rings (SSSR count). The molecule has 8 N–H and O–H groups in total. The van der Waals surface area contributed by atoms with Crippen molar-refractivity contribution in [2.75, 3.05) is 11.9 Å². The van der Waals surface area contributed by atoms with Crippen LogP contribution in [-0.4, -0.2) is 107 Å². The van der Waals surface area contributed by atoms with Gasteiger partial charge in [-0.25, -0.2) is 19.7 Å². The first-order chi connectivity index (χ1) is 16.4. The largest absolute Gasteiger partial charge is 0.444 e. The number of aromatic nitrogens is 4. The molecule has 0 saturated carbocycles. The average Bonchev–Trinajstić information content (AvgIpc) is 3.25. The molecule has 35 heavy (non-hydrogen) atoms. The second-order valence-electron chi connectivity index (χ2n) is 9.13. The zero-order valence-corrected chi connectivity index (χ0v) is 19.7. The van der Waals surface area contributed by atoms with Crippen molar-refractivity contribution in [3.05, 3.63) is 12.7 Å². The number of ether oxygens (including phenoxy) is 2. The van der Waals surface area contributed by atoms with Gasteiger partial charge in [-0.1, -0.05) is 0 Å². The molecule has 2 amide bonds. The minimum absolute atomic E-state index is 0.235. The van der Waals surface area contributed by atoms with Crippen LogP contribution in [0.1, 0.15) is 27.7 Å². The maximum Gasteiger partial charge on any atom is 0.408 e. The van der Waals surface area contributed by atoms with E-state index in [1.54, 1.807) is 20.8 Å². The Bertz CT molecular complexity index is 1020. The van der Waals surface area contributed by atoms with E-state index in [2.05, 4.69) is 35.9 Å². The summed E-state index contributed by atoms with van der Waals surface area (Å²) >= 11 is 0. The molecule has 2 aromatic heterocycles. The highest BCUT2D eigenvalue weighted by atomic mass is 16.6. The minimum Gasteiger partial charge on any atom is -0.444 e. The Morgan fingerprint density at radius 2 is 1.94 bits per heavy atom. The molecule has 1 aliphatic rings. The topological polar surface area (TPSA) is 224 Å². The van der Waals surface area contributed by atoms with Crippen LogP contribution in [0.25, 0.3) is 11.2 Å². The molecule has 7 atom stereocenters. The number of hydrogen-bond acceptors (Lipinski definition) is 12. The van der Waals surface area contributed by atoms with Crippen LogP contribution in [0, 0.1) is 0 Å². The summed E-state index contributed by atoms with van der Waals surface area (Å²) in [5, 5.41) is 48.8. The highest BCUT2D eigenvalue weighted by Gasteiger charge is 2.46. The molecule has 0 unspecified atom stereocenters. The van der Waals surface area contributed by atoms with E-state index in [0.717, 1.165) is 0 Å². The number of fused-ring (bicyclic) bond motifs is 1. The molecule has 1 saturated heterocycles. The Kier molecular flexibility index (Phi) is 8.07. The number of anilines is 1. The standard InChI is InChI=1S/C20H31N7O8/c1-8(29)10(26-19(33)35-20(2,3)4)17(32)25-11-9(5-28)34-18(14(31)13(11)30)27-16-12-15(22-6-21-12)23-7-24-16/h6-11,13-14,18,28-31H,5H2,1-4H3,(H,25,32)(H,26,33)(H2,21,22,23,24,27)/t8-,9+,10+,11+,13-,14+,18+/m1/s1. The predicted octanol–water partition coefficient (Wildman–Crippen LogP) is -2.04. The molecule has 3 heterocycles. The number of aliphatic hydroxyl groups excluding tert-OH is 4. The summed E-state index contributed by atoms with van der Waals surface area (Å²) in [4.78, 5) is 39.8. The van der Waals surface area contributed by atoms with E-state index in [1.165, 1.54) is 19.6 Å². The van der Waals surface area contributed by atoms with Crippen LogP contribution in [0.3, 0.4) is 0 Å². The van der Waals surface area contributed by atoms with E-state index in [4.69, 9.17) is 9.47 Å². The van der Waals surface area contributed by atoms with Gasteiger partial charge < -0.3 is 50.8 Å². The van der Waals surface area contributed by atoms with Gasteiger partial charge in [0.15, 0.2) is 17.7 Å². The van der Waals surface area contributed by atoms with Crippen molar-refractivity contribution in [1.29, 1.82) is 0 Å². The SMILES string of the molecule is C[C@@H](O)[C@H](NC(=O)OC(C)(C)C)C(=O)N[C@@H]1[C@@H](O)[C@H](O)[C@@H](Nc2ncnc3nc[nH]c23)O[C@H]1CO. The van der Waals surface area contributed by atoms with Crippen LogP contribution in [0.15, 0.2) is 12.7 Å². The average molecular weight is 498 g/mol. The van der Waals surface area contributed by atoms with Crippen molar-refractivity contribution in [2.45, 2.75) is 76.0 Å². The Labute approximate surface area is 200 Å². The molecular formula is C20H31N7O8. The summed E-state index contributed by atoms with van der Waals surface area (Å²) in [6.07, 6.45) is -5.16. The first-order valence-corrected chi connectivity index (χ1v) is 10.9. The maximum absolute atomic E-state index is 12.8. The summed E-state index contributed by atoms with van der Waals surface area (Å²) in [6, 6.07) is -2.72. The number of carbonyl (C=O) groups is 2. The van der Waals surface area contributed by atoms with E-state index >= 15 is 0 Å². The monoisotopic (exact) mass is 497 g/mol. The summed E-state index contributed by atoms with van der Waals surface area (Å²) in [5.74, 6) is -0.649. The molecule has 0 radical (unpaired) electrons. The maximum atomic E-state index is 12.8. The van der Waals surface area contributed by atoms with Crippen molar-refractivity contribution in [3.63, 3.8) is 0 Å². The second-order valence-corrected chi connectivity index (χ2v) is 9.13. The first-order valence-electron chi connectivity index (χ1n) is 10.9. The first kappa shape index (κ1) is 26.5. The van der Waals surface area contributed by atoms with Gasteiger partial charge in [0.25, 0.3) is 0 Å². The lowest BCUT2D eigenvalue weighted by Gasteiger charge is -2.43. The summed E-state index contributed by atoms with van der Waals surface area (Å²) in [7, 11) is 0. The lowest BCUT2D eigenvalue weighted by molar-refractivity contribution is -0.185. The second kappa shape index (κ2) is 10.7. The normalized spacial score (nSPS) is 26.6. The lowest BCUT2D eigenvalue weighted by atomic mass is 9.94. The summed E-state index contributed by atoms with van der Waals surface area (Å²) in [6.45, 7) is 5.56. The number of imidazole rings is 1. The Morgan fingerprint density at radius 3 is 2.57 bits per heavy atom. The van der Waals surface area contributed by atoms with Crippen molar-refractivity contribution < 1.29 is 39.5 Å². The minimum atomic E-state index is -1.60. The van der Waals surface area contributed by atoms with Gasteiger partial charge >= 0.3 is 6.09 Å². The highest BCUT2D eigenvalue weighted by molar-refractivity contribution is 5.86. The van der Waals surface area contributed by atoms with Crippen LogP contribution in [0.5, 0.6) is 0 Å². The molecule has 1 fully saturated rings. The Hall–Kier alpha value is -3.11. The third-order valence-electron chi connectivity index (χ3n) is 5.18. The van der Waals surface area contributed by atoms with Gasteiger partial charge in [0.2, 0.25) is 5.91 Å². The zero-order valence-electron chi connectivity index (χ0n) is 19.7. The van der Waals surface area contributed by atoms with Gasteiger partial charge in [0.1, 0.15) is 41.8 Å². The van der Waals surface area contributed by atoms with E-state index in [-0.39, 0.29) is 5.82 Å². The van der Waals surface area contributed by atoms with E-state index in [1.807, 2.05) is 0 Å². The number of carbonyl (C=O) groups excluding carboxylic acids is 2. The van der Waals surface area contributed by atoms with Gasteiger partial charge in [-0.05, 0) is 27.7 Å². The zero-order chi connectivity index (χ0) is 25.9. The van der Waals surface area contributed by atoms with Gasteiger partial charge in [0.05, 0.1) is 25.1 Å². The number of aliphatic hydroxyl groups is 4. The summed E-state index contributed by atoms with van der Waals surface area (Å²) in [5.41, 5.74) is -0.0443. The molecule has 0 spiro atoms. The number of hydrogen-bond donors (Lipinski definition) is 8. The van der Waals surface area contributed by atoms with Crippen LogP contribution in [-0.2, 0) is 14.3 Å². The Morgan fingerprint density at radius 1 is 1.23 bits per heavy atom. The number of alkyl carbamates (subject to hydrolysis) is 1. The fourth-order valence-corrected chi connectivity index (χ4v) is 3.52. The number of aromatic amines is 1. The number of nitrogens with one attached hydrogen (secondary N) is 4. The van der Waals surface area contributed by atoms with E-state index in [9.17, 15) is 30.0 Å². The van der Waals surface area contributed by atoms with Gasteiger partial charge in [-0.15, -0.1) is 0 Å². The summed E-state index contributed by atoms with van der Waals surface area (Å²) < 4.78 is 10.8. The molecule has 194 valence electrons. The number of amides is 2. The van der Waals surface area contributed by atoms with Crippen LogP contribution in [0.2, 0.25) is 0 Å². The number of H-pyrrole nitrogens is 1. The number of rotatable bonds is 7. The molecular weight excluding hydrogens is 466 g/mol. The lowest BCUT2D eigenvalue weighted by Crippen LogP contribution is -2.67. The van der Waals surface area contributed by atoms with E-state index in [0.29, 0.717) is 11.2 Å². The third kappa shape index (κ3) is 6.32. The molecule has 15 heteroatoms. The number of nitrogens with zero attached hydrogens (tertiary/aromatic N) is 3. The fourth-order valence-electron chi connectivity index (χ4n) is 3.52. The van der Waals surface area contributed by atoms with Crippen molar-refractivity contribution in [2.24, 2.45) is 0 Å². The van der Waals surface area contributed by atoms with Crippen molar-refractivity contribution in [1.82, 2.24) is 30.6 Å². The highest BCUT2D eigenvalue weighted by Crippen LogP contribution is 2.24. The van der Waals surface area contributed by atoms with Crippen molar-refractivity contribution in [3.8, 4) is 0 Å². The predicted molar refractivity (Wildman–Crippen MR) is 120 cm³/mol. The third-order valence-corrected chi connectivity index (χ3v) is 5.18. The molecule has 0 bridgehead atoms. The van der Waals surface area contributed by atoms with E-state index < -0.39 is 66.9 Å². The van der Waals surface area contributed by atoms with Crippen LogP contribution in [0.4, 0.5) is 10.6 Å². The van der Waals surface area contributed by atoms with Gasteiger partial charge in [-0.3, -0.25) is 4.79 Å². The van der Waals surface area contributed by atoms with Crippen LogP contribution >= 0.6 is 0 Å². The molecule has 0 aliphatic carbocycles. The smallest absolute Gasteiger partial charge is 0.408 e. The molecule has 2 aromatic rings.